The van der Waals surface area contributed by atoms with E-state index in [1.54, 1.807) is 18.2 Å². The summed E-state index contributed by atoms with van der Waals surface area (Å²) in [6.45, 7) is 0.837. The molecule has 4 aromatic carbocycles. The van der Waals surface area contributed by atoms with Crippen LogP contribution in [0, 0.1) is 0 Å². The van der Waals surface area contributed by atoms with Crippen LogP contribution in [0.4, 0.5) is 0 Å². The quantitative estimate of drug-likeness (QED) is 0.276. The highest BCUT2D eigenvalue weighted by atomic mass is 32.2. The molecule has 4 aromatic rings. The Morgan fingerprint density at radius 1 is 0.703 bits per heavy atom. The minimum atomic E-state index is -3.91. The average molecular weight is 516 g/mol. The number of ether oxygens (including phenoxy) is 2. The van der Waals surface area contributed by atoms with Crippen LogP contribution in [0.25, 0.3) is 0 Å². The number of aryl methyl sites for hydroxylation is 1. The molecule has 0 atom stereocenters. The summed E-state index contributed by atoms with van der Waals surface area (Å²) in [7, 11) is -3.91. The van der Waals surface area contributed by atoms with Gasteiger partial charge in [0.2, 0.25) is 5.91 Å². The molecule has 0 bridgehead atoms. The van der Waals surface area contributed by atoms with Crippen LogP contribution in [-0.4, -0.2) is 20.9 Å². The van der Waals surface area contributed by atoms with Crippen LogP contribution in [0.15, 0.2) is 114 Å². The van der Waals surface area contributed by atoms with Crippen molar-refractivity contribution < 1.29 is 22.7 Å². The van der Waals surface area contributed by atoms with Crippen LogP contribution in [0.3, 0.4) is 0 Å². The van der Waals surface area contributed by atoms with Gasteiger partial charge in [-0.3, -0.25) is 4.79 Å². The number of hydrogen-bond donors (Lipinski definition) is 1. The third kappa shape index (κ3) is 7.95. The van der Waals surface area contributed by atoms with E-state index in [0.717, 1.165) is 28.9 Å². The molecule has 0 aromatic heterocycles. The number of hydrogen-bond acceptors (Lipinski definition) is 5. The molecule has 1 amide bonds. The van der Waals surface area contributed by atoms with E-state index < -0.39 is 15.9 Å². The van der Waals surface area contributed by atoms with Gasteiger partial charge in [-0.25, -0.2) is 13.1 Å². The van der Waals surface area contributed by atoms with Crippen LogP contribution < -0.4 is 14.2 Å². The Hall–Kier alpha value is -4.10. The average Bonchev–Trinajstić information content (AvgIpc) is 2.93. The summed E-state index contributed by atoms with van der Waals surface area (Å²) in [6, 6.07) is 33.2. The topological polar surface area (TPSA) is 81.7 Å². The normalized spacial score (nSPS) is 11.0. The van der Waals surface area contributed by atoms with Crippen molar-refractivity contribution in [1.82, 2.24) is 4.72 Å². The second kappa shape index (κ2) is 12.7. The summed E-state index contributed by atoms with van der Waals surface area (Å²) in [5.41, 5.74) is 2.92. The zero-order chi connectivity index (χ0) is 25.9. The highest BCUT2D eigenvalue weighted by molar-refractivity contribution is 7.90. The minimum Gasteiger partial charge on any atom is -0.493 e. The van der Waals surface area contributed by atoms with Crippen molar-refractivity contribution in [3.05, 3.63) is 126 Å². The van der Waals surface area contributed by atoms with Gasteiger partial charge in [0, 0.05) is 12.8 Å². The first-order valence-corrected chi connectivity index (χ1v) is 13.5. The second-order valence-corrected chi connectivity index (χ2v) is 10.2. The van der Waals surface area contributed by atoms with Gasteiger partial charge in [0.15, 0.2) is 0 Å². The van der Waals surface area contributed by atoms with E-state index in [9.17, 15) is 13.2 Å². The maximum absolute atomic E-state index is 12.5. The Morgan fingerprint density at radius 3 is 2.05 bits per heavy atom. The van der Waals surface area contributed by atoms with Crippen molar-refractivity contribution in [1.29, 1.82) is 0 Å². The van der Waals surface area contributed by atoms with E-state index >= 15 is 0 Å². The molecule has 0 fully saturated rings. The summed E-state index contributed by atoms with van der Waals surface area (Å²) in [6.07, 6.45) is 1.07. The molecule has 0 heterocycles. The molecule has 1 N–H and O–H groups in total. The SMILES string of the molecule is O=C(CCc1ccc(COc2ccccc2)cc1OCCc1ccccc1)NS(=O)(=O)c1ccccc1. The molecular formula is C30H29NO5S. The van der Waals surface area contributed by atoms with Crippen molar-refractivity contribution in [2.75, 3.05) is 6.61 Å². The van der Waals surface area contributed by atoms with Crippen LogP contribution in [0.2, 0.25) is 0 Å². The highest BCUT2D eigenvalue weighted by Gasteiger charge is 2.17. The molecule has 37 heavy (non-hydrogen) atoms. The van der Waals surface area contributed by atoms with Gasteiger partial charge in [-0.2, -0.15) is 0 Å². The van der Waals surface area contributed by atoms with Crippen LogP contribution in [0.1, 0.15) is 23.1 Å². The molecule has 0 aliphatic rings. The standard InChI is InChI=1S/C30H29NO5S/c32-30(31-37(33,34)28-14-8-3-9-15-28)19-18-26-17-16-25(23-36-27-12-6-2-7-13-27)22-29(26)35-21-20-24-10-4-1-5-11-24/h1-17,22H,18-21,23H2,(H,31,32). The fourth-order valence-electron chi connectivity index (χ4n) is 3.74. The molecule has 0 spiro atoms. The van der Waals surface area contributed by atoms with Crippen molar-refractivity contribution in [3.8, 4) is 11.5 Å². The van der Waals surface area contributed by atoms with Crippen LogP contribution in [-0.2, 0) is 34.3 Å². The third-order valence-electron chi connectivity index (χ3n) is 5.69. The fourth-order valence-corrected chi connectivity index (χ4v) is 4.78. The molecule has 0 saturated carbocycles. The monoisotopic (exact) mass is 515 g/mol. The Kier molecular flexibility index (Phi) is 8.94. The molecule has 0 aliphatic carbocycles. The predicted octanol–water partition coefficient (Wildman–Crippen LogP) is 5.32. The van der Waals surface area contributed by atoms with Crippen LogP contribution >= 0.6 is 0 Å². The molecule has 6 nitrogen and oxygen atoms in total. The maximum atomic E-state index is 12.5. The summed E-state index contributed by atoms with van der Waals surface area (Å²) in [5, 5.41) is 0. The minimum absolute atomic E-state index is 0.000963. The predicted molar refractivity (Wildman–Crippen MR) is 143 cm³/mol. The zero-order valence-electron chi connectivity index (χ0n) is 20.4. The summed E-state index contributed by atoms with van der Waals surface area (Å²) < 4.78 is 39.1. The number of carbonyl (C=O) groups is 1. The number of nitrogens with one attached hydrogen (secondary N) is 1. The van der Waals surface area contributed by atoms with Crippen molar-refractivity contribution in [2.24, 2.45) is 0 Å². The Labute approximate surface area is 217 Å². The highest BCUT2D eigenvalue weighted by Crippen LogP contribution is 2.24. The van der Waals surface area contributed by atoms with Gasteiger partial charge in [0.25, 0.3) is 10.0 Å². The fraction of sp³-hybridized carbons (Fsp3) is 0.167. The van der Waals surface area contributed by atoms with Gasteiger partial charge in [-0.05, 0) is 53.4 Å². The molecular weight excluding hydrogens is 486 g/mol. The largest absolute Gasteiger partial charge is 0.493 e. The van der Waals surface area contributed by atoms with Gasteiger partial charge < -0.3 is 9.47 Å². The first-order chi connectivity index (χ1) is 18.0. The number of rotatable bonds is 12. The van der Waals surface area contributed by atoms with E-state index in [4.69, 9.17) is 9.47 Å². The maximum Gasteiger partial charge on any atom is 0.264 e. The van der Waals surface area contributed by atoms with Crippen molar-refractivity contribution in [3.63, 3.8) is 0 Å². The lowest BCUT2D eigenvalue weighted by Crippen LogP contribution is -2.30. The van der Waals surface area contributed by atoms with Gasteiger partial charge in [-0.15, -0.1) is 0 Å². The molecule has 4 rings (SSSR count). The Bertz CT molecular complexity index is 1390. The first-order valence-electron chi connectivity index (χ1n) is 12.1. The molecule has 0 saturated heterocycles. The number of sulfonamides is 1. The smallest absolute Gasteiger partial charge is 0.264 e. The lowest BCUT2D eigenvalue weighted by Gasteiger charge is -2.14. The molecule has 0 unspecified atom stereocenters. The van der Waals surface area contributed by atoms with E-state index in [1.165, 1.54) is 12.1 Å². The molecule has 0 radical (unpaired) electrons. The lowest BCUT2D eigenvalue weighted by atomic mass is 10.1. The number of amides is 1. The van der Waals surface area contributed by atoms with Gasteiger partial charge in [0.1, 0.15) is 18.1 Å². The van der Waals surface area contributed by atoms with Crippen molar-refractivity contribution >= 4 is 15.9 Å². The summed E-state index contributed by atoms with van der Waals surface area (Å²) in [4.78, 5) is 12.5. The third-order valence-corrected chi connectivity index (χ3v) is 7.08. The Balaban J connectivity index is 1.42. The molecule has 190 valence electrons. The van der Waals surface area contributed by atoms with Gasteiger partial charge in [-0.1, -0.05) is 78.9 Å². The van der Waals surface area contributed by atoms with E-state index in [2.05, 4.69) is 4.72 Å². The zero-order valence-corrected chi connectivity index (χ0v) is 21.2. The number of benzene rings is 4. The lowest BCUT2D eigenvalue weighted by molar-refractivity contribution is -0.119. The van der Waals surface area contributed by atoms with Crippen LogP contribution in [0.5, 0.6) is 11.5 Å². The van der Waals surface area contributed by atoms with Gasteiger partial charge in [0.05, 0.1) is 11.5 Å². The molecule has 7 heteroatoms. The van der Waals surface area contributed by atoms with E-state index in [-0.39, 0.29) is 11.3 Å². The Morgan fingerprint density at radius 2 is 1.35 bits per heavy atom. The number of carbonyl (C=O) groups excluding carboxylic acids is 1. The van der Waals surface area contributed by atoms with E-state index in [1.807, 2.05) is 78.9 Å². The number of para-hydroxylation sites is 1. The first kappa shape index (κ1) is 26.0. The molecule has 0 aliphatic heterocycles. The van der Waals surface area contributed by atoms with Crippen molar-refractivity contribution in [2.45, 2.75) is 30.8 Å². The summed E-state index contributed by atoms with van der Waals surface area (Å²) >= 11 is 0. The second-order valence-electron chi connectivity index (χ2n) is 8.47. The van der Waals surface area contributed by atoms with E-state index in [0.29, 0.717) is 25.4 Å². The van der Waals surface area contributed by atoms with Gasteiger partial charge >= 0.3 is 0 Å². The summed E-state index contributed by atoms with van der Waals surface area (Å²) in [5.74, 6) is 0.855.